The maximum atomic E-state index is 13.6. The Morgan fingerprint density at radius 3 is 2.38 bits per heavy atom. The van der Waals surface area contributed by atoms with Gasteiger partial charge in [-0.05, 0) is 48.0 Å². The van der Waals surface area contributed by atoms with Gasteiger partial charge in [0.1, 0.15) is 17.1 Å². The van der Waals surface area contributed by atoms with Crippen LogP contribution in [0.1, 0.15) is 5.56 Å². The minimum absolute atomic E-state index is 0.00628. The van der Waals surface area contributed by atoms with Gasteiger partial charge in [-0.3, -0.25) is 19.8 Å². The summed E-state index contributed by atoms with van der Waals surface area (Å²) < 4.78 is 19.0. The zero-order chi connectivity index (χ0) is 22.5. The molecule has 0 aromatic heterocycles. The van der Waals surface area contributed by atoms with Gasteiger partial charge in [0.15, 0.2) is 6.61 Å². The van der Waals surface area contributed by atoms with E-state index in [-0.39, 0.29) is 17.9 Å². The third-order valence-corrected chi connectivity index (χ3v) is 4.61. The molecule has 0 spiro atoms. The van der Waals surface area contributed by atoms with Crippen LogP contribution in [-0.4, -0.2) is 24.3 Å². The number of carbonyl (C=O) groups excluding carboxylic acids is 3. The Labute approximate surface area is 183 Å². The second-order valence-electron chi connectivity index (χ2n) is 6.86. The summed E-state index contributed by atoms with van der Waals surface area (Å²) in [5.74, 6) is -1.58. The Bertz CT molecular complexity index is 1190. The summed E-state index contributed by atoms with van der Waals surface area (Å²) in [6.07, 6.45) is 1.48. The van der Waals surface area contributed by atoms with Gasteiger partial charge < -0.3 is 10.1 Å². The van der Waals surface area contributed by atoms with Gasteiger partial charge in [-0.15, -0.1) is 0 Å². The van der Waals surface area contributed by atoms with Gasteiger partial charge in [-0.2, -0.15) is 0 Å². The smallest absolute Gasteiger partial charge is 0.282 e. The predicted molar refractivity (Wildman–Crippen MR) is 117 cm³/mol. The number of hydrogen-bond donors (Lipinski definition) is 2. The Kier molecular flexibility index (Phi) is 5.94. The van der Waals surface area contributed by atoms with Gasteiger partial charge >= 0.3 is 0 Å². The minimum atomic E-state index is -0.533. The lowest BCUT2D eigenvalue weighted by Crippen LogP contribution is -2.35. The number of rotatable bonds is 6. The summed E-state index contributed by atoms with van der Waals surface area (Å²) in [6, 6.07) is 21.2. The molecule has 32 heavy (non-hydrogen) atoms. The molecule has 7 nitrogen and oxygen atoms in total. The number of para-hydroxylation sites is 2. The lowest BCUT2D eigenvalue weighted by molar-refractivity contribution is -0.118. The number of amides is 3. The van der Waals surface area contributed by atoms with Crippen LogP contribution in [0.4, 0.5) is 15.8 Å². The van der Waals surface area contributed by atoms with Crippen molar-refractivity contribution in [2.75, 3.05) is 16.9 Å². The Morgan fingerprint density at radius 2 is 1.66 bits per heavy atom. The number of anilines is 2. The van der Waals surface area contributed by atoms with Crippen molar-refractivity contribution < 1.29 is 23.5 Å². The maximum absolute atomic E-state index is 13.6. The summed E-state index contributed by atoms with van der Waals surface area (Å²) in [7, 11) is 0. The van der Waals surface area contributed by atoms with Gasteiger partial charge in [-0.25, -0.2) is 9.40 Å². The molecule has 1 fully saturated rings. The zero-order valence-corrected chi connectivity index (χ0v) is 16.7. The maximum Gasteiger partial charge on any atom is 0.282 e. The van der Waals surface area contributed by atoms with Crippen LogP contribution in [0.25, 0.3) is 6.08 Å². The van der Waals surface area contributed by atoms with Crippen molar-refractivity contribution in [1.29, 1.82) is 0 Å². The van der Waals surface area contributed by atoms with Crippen molar-refractivity contribution in [3.63, 3.8) is 0 Å². The topological polar surface area (TPSA) is 87.7 Å². The van der Waals surface area contributed by atoms with Gasteiger partial charge in [0.25, 0.3) is 17.7 Å². The highest BCUT2D eigenvalue weighted by molar-refractivity contribution is 6.31. The normalized spacial score (nSPS) is 14.4. The molecular formula is C24H18FN3O4. The van der Waals surface area contributed by atoms with Gasteiger partial charge in [-0.1, -0.05) is 42.5 Å². The summed E-state index contributed by atoms with van der Waals surface area (Å²) in [6.45, 7) is -0.304. The molecule has 0 atom stereocenters. The molecule has 2 N–H and O–H groups in total. The van der Waals surface area contributed by atoms with E-state index in [9.17, 15) is 18.8 Å². The van der Waals surface area contributed by atoms with Crippen molar-refractivity contribution in [3.8, 4) is 5.75 Å². The molecule has 3 aromatic carbocycles. The van der Waals surface area contributed by atoms with Gasteiger partial charge in [0.05, 0.1) is 11.4 Å². The van der Waals surface area contributed by atoms with Gasteiger partial charge in [0, 0.05) is 0 Å². The number of carbonyl (C=O) groups is 3. The number of nitrogens with zero attached hydrogens (tertiary/aromatic N) is 1. The van der Waals surface area contributed by atoms with Crippen molar-refractivity contribution in [3.05, 3.63) is 95.8 Å². The number of nitrogens with one attached hydrogen (secondary N) is 2. The van der Waals surface area contributed by atoms with Crippen LogP contribution in [0.3, 0.4) is 0 Å². The van der Waals surface area contributed by atoms with Crippen LogP contribution < -0.4 is 20.5 Å². The van der Waals surface area contributed by atoms with E-state index in [1.165, 1.54) is 29.3 Å². The summed E-state index contributed by atoms with van der Waals surface area (Å²) in [4.78, 5) is 36.8. The van der Waals surface area contributed by atoms with Crippen LogP contribution in [0, 0.1) is 5.82 Å². The summed E-state index contributed by atoms with van der Waals surface area (Å²) in [5.41, 5.74) is 3.80. The van der Waals surface area contributed by atoms with Crippen molar-refractivity contribution in [1.82, 2.24) is 5.43 Å². The van der Waals surface area contributed by atoms with Crippen LogP contribution in [0.15, 0.2) is 84.4 Å². The molecule has 1 saturated heterocycles. The number of halogens is 1. The van der Waals surface area contributed by atoms with E-state index in [1.807, 2.05) is 6.07 Å². The van der Waals surface area contributed by atoms with E-state index in [0.29, 0.717) is 17.0 Å². The van der Waals surface area contributed by atoms with Gasteiger partial charge in [0.2, 0.25) is 0 Å². The first-order chi connectivity index (χ1) is 15.5. The molecule has 3 aromatic rings. The average molecular weight is 431 g/mol. The molecule has 0 bridgehead atoms. The molecule has 8 heteroatoms. The molecule has 3 amide bonds. The highest BCUT2D eigenvalue weighted by atomic mass is 19.1. The molecule has 4 rings (SSSR count). The van der Waals surface area contributed by atoms with Crippen molar-refractivity contribution in [2.24, 2.45) is 0 Å². The van der Waals surface area contributed by atoms with Crippen LogP contribution in [-0.2, 0) is 14.4 Å². The standard InChI is InChI=1S/C24H18FN3O4/c25-20-8-4-5-9-21(20)26-22(29)15-32-18-12-10-16(11-13-18)14-19-23(30)27-28(24(19)31)17-6-2-1-3-7-17/h1-14H,15H2,(H,26,29)(H,27,30)/b19-14-. The third-order valence-electron chi connectivity index (χ3n) is 4.61. The van der Waals surface area contributed by atoms with E-state index in [1.54, 1.807) is 54.6 Å². The first-order valence-electron chi connectivity index (χ1n) is 9.71. The number of hydrazine groups is 1. The molecule has 0 unspecified atom stereocenters. The molecule has 1 aliphatic rings. The highest BCUT2D eigenvalue weighted by Gasteiger charge is 2.34. The fourth-order valence-electron chi connectivity index (χ4n) is 3.04. The first-order valence-corrected chi connectivity index (χ1v) is 9.71. The lowest BCUT2D eigenvalue weighted by Gasteiger charge is -2.13. The van der Waals surface area contributed by atoms with E-state index in [0.717, 1.165) is 0 Å². The van der Waals surface area contributed by atoms with Crippen molar-refractivity contribution >= 4 is 35.2 Å². The van der Waals surface area contributed by atoms with E-state index in [4.69, 9.17) is 4.74 Å². The molecule has 0 radical (unpaired) electrons. The molecule has 1 heterocycles. The summed E-state index contributed by atoms with van der Waals surface area (Å²) >= 11 is 0. The highest BCUT2D eigenvalue weighted by Crippen LogP contribution is 2.22. The second-order valence-corrected chi connectivity index (χ2v) is 6.86. The van der Waals surface area contributed by atoms with Crippen LogP contribution in [0.5, 0.6) is 5.75 Å². The van der Waals surface area contributed by atoms with Crippen LogP contribution >= 0.6 is 0 Å². The van der Waals surface area contributed by atoms with Crippen LogP contribution in [0.2, 0.25) is 0 Å². The third kappa shape index (κ3) is 4.65. The molecule has 0 saturated carbocycles. The Morgan fingerprint density at radius 1 is 0.969 bits per heavy atom. The SMILES string of the molecule is O=C(COc1ccc(/C=C2/C(=O)NN(c3ccccc3)C2=O)cc1)Nc1ccccc1F. The molecule has 1 aliphatic heterocycles. The summed E-state index contributed by atoms with van der Waals surface area (Å²) in [5, 5.41) is 3.63. The quantitative estimate of drug-likeness (QED) is 0.463. The largest absolute Gasteiger partial charge is 0.484 e. The minimum Gasteiger partial charge on any atom is -0.484 e. The monoisotopic (exact) mass is 431 g/mol. The fourth-order valence-corrected chi connectivity index (χ4v) is 3.04. The molecule has 160 valence electrons. The van der Waals surface area contributed by atoms with E-state index >= 15 is 0 Å². The number of ether oxygens (including phenoxy) is 1. The van der Waals surface area contributed by atoms with E-state index < -0.39 is 23.5 Å². The number of benzene rings is 3. The Hall–Kier alpha value is -4.46. The Balaban J connectivity index is 1.38. The first kappa shape index (κ1) is 20.8. The number of hydrogen-bond acceptors (Lipinski definition) is 4. The molecule has 0 aliphatic carbocycles. The lowest BCUT2D eigenvalue weighted by atomic mass is 10.1. The zero-order valence-electron chi connectivity index (χ0n) is 16.7. The predicted octanol–water partition coefficient (Wildman–Crippen LogP) is 3.30. The molecular weight excluding hydrogens is 413 g/mol. The second kappa shape index (κ2) is 9.13. The average Bonchev–Trinajstić information content (AvgIpc) is 3.09. The van der Waals surface area contributed by atoms with E-state index in [2.05, 4.69) is 10.7 Å². The fraction of sp³-hybridized carbons (Fsp3) is 0.0417. The van der Waals surface area contributed by atoms with Crippen molar-refractivity contribution in [2.45, 2.75) is 0 Å².